The van der Waals surface area contributed by atoms with E-state index < -0.39 is 0 Å². The zero-order valence-electron chi connectivity index (χ0n) is 7.50. The van der Waals surface area contributed by atoms with Crippen molar-refractivity contribution < 1.29 is 4.79 Å². The minimum atomic E-state index is -0.387. The molecule has 0 saturated heterocycles. The number of nitrogens with two attached hydrogens (primary N) is 2. The first-order valence-corrected chi connectivity index (χ1v) is 3.98. The van der Waals surface area contributed by atoms with Gasteiger partial charge in [0.25, 0.3) is 0 Å². The monoisotopic (exact) mass is 179 g/mol. The summed E-state index contributed by atoms with van der Waals surface area (Å²) in [4.78, 5) is 10.5. The summed E-state index contributed by atoms with van der Waals surface area (Å²) in [5.41, 5.74) is 13.1. The molecule has 4 heteroatoms. The van der Waals surface area contributed by atoms with Crippen molar-refractivity contribution in [1.29, 1.82) is 0 Å². The van der Waals surface area contributed by atoms with E-state index in [-0.39, 0.29) is 12.5 Å². The average Bonchev–Trinajstić information content (AvgIpc) is 2.07. The van der Waals surface area contributed by atoms with Crippen molar-refractivity contribution in [3.8, 4) is 0 Å². The summed E-state index contributed by atoms with van der Waals surface area (Å²) in [5.74, 6) is -0.387. The molecule has 0 unspecified atom stereocenters. The lowest BCUT2D eigenvalue weighted by Crippen LogP contribution is -2.22. The lowest BCUT2D eigenvalue weighted by molar-refractivity contribution is -0.116. The van der Waals surface area contributed by atoms with Gasteiger partial charge in [-0.2, -0.15) is 0 Å². The molecule has 1 rings (SSSR count). The number of carbonyl (C=O) groups excluding carboxylic acids is 1. The number of hydrogen-bond donors (Lipinski definition) is 3. The Morgan fingerprint density at radius 2 is 2.23 bits per heavy atom. The maximum atomic E-state index is 10.5. The Morgan fingerprint density at radius 1 is 1.54 bits per heavy atom. The Bertz CT molecular complexity index is 323. The van der Waals surface area contributed by atoms with Crippen molar-refractivity contribution in [3.63, 3.8) is 0 Å². The SMILES string of the molecule is Cc1c(N)cccc1NCC(N)=O. The smallest absolute Gasteiger partial charge is 0.236 e. The first-order valence-electron chi connectivity index (χ1n) is 3.98. The quantitative estimate of drug-likeness (QED) is 0.590. The van der Waals surface area contributed by atoms with Crippen LogP contribution >= 0.6 is 0 Å². The summed E-state index contributed by atoms with van der Waals surface area (Å²) in [6.45, 7) is 2.02. The van der Waals surface area contributed by atoms with Crippen molar-refractivity contribution in [3.05, 3.63) is 23.8 Å². The Labute approximate surface area is 76.9 Å². The van der Waals surface area contributed by atoms with Gasteiger partial charge in [-0.1, -0.05) is 6.07 Å². The number of carbonyl (C=O) groups is 1. The van der Waals surface area contributed by atoms with E-state index in [1.807, 2.05) is 25.1 Å². The molecule has 0 saturated carbocycles. The van der Waals surface area contributed by atoms with E-state index >= 15 is 0 Å². The van der Waals surface area contributed by atoms with E-state index in [0.717, 1.165) is 11.3 Å². The fourth-order valence-electron chi connectivity index (χ4n) is 1.03. The van der Waals surface area contributed by atoms with Gasteiger partial charge in [0.05, 0.1) is 6.54 Å². The highest BCUT2D eigenvalue weighted by molar-refractivity contribution is 5.79. The molecule has 0 aliphatic heterocycles. The summed E-state index contributed by atoms with van der Waals surface area (Å²) < 4.78 is 0. The van der Waals surface area contributed by atoms with Gasteiger partial charge in [0, 0.05) is 11.4 Å². The van der Waals surface area contributed by atoms with Gasteiger partial charge < -0.3 is 16.8 Å². The second-order valence-electron chi connectivity index (χ2n) is 2.84. The van der Waals surface area contributed by atoms with Crippen molar-refractivity contribution in [2.75, 3.05) is 17.6 Å². The van der Waals surface area contributed by atoms with Gasteiger partial charge in [0.15, 0.2) is 0 Å². The highest BCUT2D eigenvalue weighted by Gasteiger charge is 2.00. The number of rotatable bonds is 3. The van der Waals surface area contributed by atoms with E-state index in [1.165, 1.54) is 0 Å². The molecule has 0 aromatic heterocycles. The minimum absolute atomic E-state index is 0.129. The van der Waals surface area contributed by atoms with Crippen LogP contribution in [0, 0.1) is 6.92 Å². The van der Waals surface area contributed by atoms with Crippen LogP contribution in [0.2, 0.25) is 0 Å². The third-order valence-corrected chi connectivity index (χ3v) is 1.83. The van der Waals surface area contributed by atoms with Gasteiger partial charge >= 0.3 is 0 Å². The summed E-state index contributed by atoms with van der Waals surface area (Å²) in [5, 5.41) is 2.90. The van der Waals surface area contributed by atoms with Crippen LogP contribution in [0.1, 0.15) is 5.56 Å². The van der Waals surface area contributed by atoms with Gasteiger partial charge in [0.2, 0.25) is 5.91 Å². The van der Waals surface area contributed by atoms with Crippen LogP contribution in [-0.4, -0.2) is 12.5 Å². The summed E-state index contributed by atoms with van der Waals surface area (Å²) in [6.07, 6.45) is 0. The number of amides is 1. The van der Waals surface area contributed by atoms with Crippen molar-refractivity contribution in [2.24, 2.45) is 5.73 Å². The average molecular weight is 179 g/mol. The van der Waals surface area contributed by atoms with Crippen molar-refractivity contribution in [2.45, 2.75) is 6.92 Å². The normalized spacial score (nSPS) is 9.62. The van der Waals surface area contributed by atoms with Crippen LogP contribution in [0.25, 0.3) is 0 Å². The number of primary amides is 1. The van der Waals surface area contributed by atoms with Crippen LogP contribution in [-0.2, 0) is 4.79 Å². The predicted molar refractivity (Wildman–Crippen MR) is 53.3 cm³/mol. The van der Waals surface area contributed by atoms with Crippen LogP contribution in [0.4, 0.5) is 11.4 Å². The van der Waals surface area contributed by atoms with Crippen molar-refractivity contribution in [1.82, 2.24) is 0 Å². The van der Waals surface area contributed by atoms with Gasteiger partial charge in [-0.3, -0.25) is 4.79 Å². The van der Waals surface area contributed by atoms with Crippen LogP contribution in [0.5, 0.6) is 0 Å². The van der Waals surface area contributed by atoms with Gasteiger partial charge in [-0.25, -0.2) is 0 Å². The number of nitrogens with one attached hydrogen (secondary N) is 1. The molecule has 70 valence electrons. The molecule has 0 aliphatic rings. The first kappa shape index (κ1) is 9.38. The number of anilines is 2. The molecule has 1 aromatic carbocycles. The number of benzene rings is 1. The second-order valence-corrected chi connectivity index (χ2v) is 2.84. The van der Waals surface area contributed by atoms with Gasteiger partial charge in [-0.05, 0) is 24.6 Å². The van der Waals surface area contributed by atoms with E-state index in [0.29, 0.717) is 5.69 Å². The molecule has 0 atom stereocenters. The summed E-state index contributed by atoms with van der Waals surface area (Å²) >= 11 is 0. The second kappa shape index (κ2) is 3.80. The number of nitrogen functional groups attached to an aromatic ring is 1. The van der Waals surface area contributed by atoms with E-state index in [4.69, 9.17) is 11.5 Å². The van der Waals surface area contributed by atoms with Crippen LogP contribution in [0.3, 0.4) is 0 Å². The summed E-state index contributed by atoms with van der Waals surface area (Å²) in [6, 6.07) is 5.49. The molecule has 0 aliphatic carbocycles. The maximum Gasteiger partial charge on any atom is 0.236 e. The molecule has 5 N–H and O–H groups in total. The largest absolute Gasteiger partial charge is 0.398 e. The van der Waals surface area contributed by atoms with Gasteiger partial charge in [0.1, 0.15) is 0 Å². The standard InChI is InChI=1S/C9H13N3O/c1-6-7(10)3-2-4-8(6)12-5-9(11)13/h2-4,12H,5,10H2,1H3,(H2,11,13). The molecule has 0 fully saturated rings. The molecule has 0 heterocycles. The molecular formula is C9H13N3O. The maximum absolute atomic E-state index is 10.5. The Balaban J connectivity index is 2.77. The van der Waals surface area contributed by atoms with Gasteiger partial charge in [-0.15, -0.1) is 0 Å². The molecule has 0 spiro atoms. The Morgan fingerprint density at radius 3 is 2.85 bits per heavy atom. The lowest BCUT2D eigenvalue weighted by Gasteiger charge is -2.09. The third kappa shape index (κ3) is 2.37. The molecule has 0 radical (unpaired) electrons. The molecule has 4 nitrogen and oxygen atoms in total. The molecule has 1 aromatic rings. The highest BCUT2D eigenvalue weighted by atomic mass is 16.1. The van der Waals surface area contributed by atoms with Crippen LogP contribution in [0.15, 0.2) is 18.2 Å². The fraction of sp³-hybridized carbons (Fsp3) is 0.222. The summed E-state index contributed by atoms with van der Waals surface area (Å²) in [7, 11) is 0. The van der Waals surface area contributed by atoms with Crippen molar-refractivity contribution >= 4 is 17.3 Å². The van der Waals surface area contributed by atoms with E-state index in [9.17, 15) is 4.79 Å². The van der Waals surface area contributed by atoms with E-state index in [1.54, 1.807) is 0 Å². The predicted octanol–water partition coefficient (Wildman–Crippen LogP) is 0.474. The fourth-order valence-corrected chi connectivity index (χ4v) is 1.03. The Hall–Kier alpha value is -1.71. The van der Waals surface area contributed by atoms with Crippen LogP contribution < -0.4 is 16.8 Å². The number of hydrogen-bond acceptors (Lipinski definition) is 3. The third-order valence-electron chi connectivity index (χ3n) is 1.83. The topological polar surface area (TPSA) is 81.1 Å². The molecule has 1 amide bonds. The minimum Gasteiger partial charge on any atom is -0.398 e. The Kier molecular flexibility index (Phi) is 2.74. The van der Waals surface area contributed by atoms with E-state index in [2.05, 4.69) is 5.32 Å². The first-order chi connectivity index (χ1) is 6.11. The zero-order chi connectivity index (χ0) is 9.84. The molecule has 13 heavy (non-hydrogen) atoms. The molecular weight excluding hydrogens is 166 g/mol. The zero-order valence-corrected chi connectivity index (χ0v) is 7.50. The lowest BCUT2D eigenvalue weighted by atomic mass is 10.1. The molecule has 0 bridgehead atoms. The highest BCUT2D eigenvalue weighted by Crippen LogP contribution is 2.19.